The molecule has 0 bridgehead atoms. The Hall–Kier alpha value is -2.24. The van der Waals surface area contributed by atoms with Gasteiger partial charge >= 0.3 is 11.8 Å². The van der Waals surface area contributed by atoms with Gasteiger partial charge in [0.25, 0.3) is 0 Å². The van der Waals surface area contributed by atoms with Gasteiger partial charge in [-0.25, -0.2) is 0 Å². The van der Waals surface area contributed by atoms with Gasteiger partial charge in [-0.1, -0.05) is 13.8 Å². The first-order valence-corrected chi connectivity index (χ1v) is 7.05. The Morgan fingerprint density at radius 1 is 1.14 bits per heavy atom. The fourth-order valence-corrected chi connectivity index (χ4v) is 1.86. The van der Waals surface area contributed by atoms with Crippen LogP contribution in [0.3, 0.4) is 0 Å². The summed E-state index contributed by atoms with van der Waals surface area (Å²) < 4.78 is 10.8. The summed E-state index contributed by atoms with van der Waals surface area (Å²) in [6.07, 6.45) is 0.836. The third-order valence-corrected chi connectivity index (χ3v) is 3.01. The Morgan fingerprint density at radius 2 is 1.86 bits per heavy atom. The molecule has 2 amide bonds. The maximum Gasteiger partial charge on any atom is 0.313 e. The number of nitrogens with one attached hydrogen (secondary N) is 2. The number of amides is 2. The first kappa shape index (κ1) is 15.2. The van der Waals surface area contributed by atoms with Crippen LogP contribution in [-0.4, -0.2) is 31.6 Å². The van der Waals surface area contributed by atoms with Gasteiger partial charge in [0.15, 0.2) is 11.5 Å². The Labute approximate surface area is 123 Å². The molecule has 6 nitrogen and oxygen atoms in total. The van der Waals surface area contributed by atoms with Crippen LogP contribution >= 0.6 is 0 Å². The molecule has 0 aliphatic carbocycles. The van der Waals surface area contributed by atoms with Crippen LogP contribution in [0.2, 0.25) is 0 Å². The summed E-state index contributed by atoms with van der Waals surface area (Å²) >= 11 is 0. The molecule has 1 aliphatic rings. The Bertz CT molecular complexity index is 528. The Kier molecular flexibility index (Phi) is 5.03. The van der Waals surface area contributed by atoms with Gasteiger partial charge in [0.2, 0.25) is 0 Å². The second kappa shape index (κ2) is 6.97. The maximum atomic E-state index is 11.8. The topological polar surface area (TPSA) is 76.7 Å². The van der Waals surface area contributed by atoms with Gasteiger partial charge < -0.3 is 20.1 Å². The minimum absolute atomic E-state index is 0.472. The minimum Gasteiger partial charge on any atom is -0.486 e. The Balaban J connectivity index is 1.88. The molecule has 0 atom stereocenters. The van der Waals surface area contributed by atoms with Crippen molar-refractivity contribution in [3.63, 3.8) is 0 Å². The number of carbonyl (C=O) groups is 2. The number of benzene rings is 1. The summed E-state index contributed by atoms with van der Waals surface area (Å²) in [7, 11) is 0. The van der Waals surface area contributed by atoms with Gasteiger partial charge in [0.05, 0.1) is 0 Å². The van der Waals surface area contributed by atoms with Crippen molar-refractivity contribution in [2.75, 3.05) is 25.1 Å². The van der Waals surface area contributed by atoms with Crippen LogP contribution in [0.4, 0.5) is 5.69 Å². The van der Waals surface area contributed by atoms with Crippen LogP contribution in [0, 0.1) is 5.92 Å². The molecule has 1 aromatic rings. The second-order valence-corrected chi connectivity index (χ2v) is 5.25. The number of hydrogen-bond donors (Lipinski definition) is 2. The lowest BCUT2D eigenvalue weighted by atomic mass is 10.1. The average Bonchev–Trinajstić information content (AvgIpc) is 2.46. The van der Waals surface area contributed by atoms with Gasteiger partial charge in [-0.2, -0.15) is 0 Å². The first-order chi connectivity index (χ1) is 10.1. The predicted octanol–water partition coefficient (Wildman–Crippen LogP) is 1.56. The molecule has 0 radical (unpaired) electrons. The van der Waals surface area contributed by atoms with Gasteiger partial charge in [-0.3, -0.25) is 9.59 Å². The number of hydrogen-bond acceptors (Lipinski definition) is 4. The molecule has 6 heteroatoms. The van der Waals surface area contributed by atoms with Crippen molar-refractivity contribution in [1.82, 2.24) is 5.32 Å². The quantitative estimate of drug-likeness (QED) is 0.826. The van der Waals surface area contributed by atoms with Crippen molar-refractivity contribution >= 4 is 17.5 Å². The molecule has 0 fully saturated rings. The fraction of sp³-hybridized carbons (Fsp3) is 0.467. The summed E-state index contributed by atoms with van der Waals surface area (Å²) in [5.74, 6) is 0.368. The van der Waals surface area contributed by atoms with Crippen molar-refractivity contribution < 1.29 is 19.1 Å². The third kappa shape index (κ3) is 4.37. The van der Waals surface area contributed by atoms with E-state index in [2.05, 4.69) is 24.5 Å². The summed E-state index contributed by atoms with van der Waals surface area (Å²) in [4.78, 5) is 23.4. The van der Waals surface area contributed by atoms with Crippen molar-refractivity contribution in [1.29, 1.82) is 0 Å². The maximum absolute atomic E-state index is 11.8. The highest BCUT2D eigenvalue weighted by atomic mass is 16.6. The molecule has 1 aromatic carbocycles. The summed E-state index contributed by atoms with van der Waals surface area (Å²) in [6, 6.07) is 5.03. The molecule has 0 saturated heterocycles. The zero-order valence-electron chi connectivity index (χ0n) is 12.3. The Morgan fingerprint density at radius 3 is 2.57 bits per heavy atom. The molecule has 2 N–H and O–H groups in total. The molecule has 21 heavy (non-hydrogen) atoms. The standard InChI is InChI=1S/C15H20N2O4/c1-10(2)5-6-16-14(18)15(19)17-11-3-4-12-13(9-11)21-8-7-20-12/h3-4,9-10H,5-8H2,1-2H3,(H,16,18)(H,17,19). The van der Waals surface area contributed by atoms with E-state index in [0.29, 0.717) is 42.9 Å². The molecule has 0 saturated carbocycles. The van der Waals surface area contributed by atoms with E-state index in [0.717, 1.165) is 6.42 Å². The molecule has 2 rings (SSSR count). The first-order valence-electron chi connectivity index (χ1n) is 7.05. The third-order valence-electron chi connectivity index (χ3n) is 3.01. The zero-order chi connectivity index (χ0) is 15.2. The molecule has 1 aliphatic heterocycles. The smallest absolute Gasteiger partial charge is 0.313 e. The van der Waals surface area contributed by atoms with Crippen molar-refractivity contribution in [3.05, 3.63) is 18.2 Å². The minimum atomic E-state index is -0.685. The van der Waals surface area contributed by atoms with E-state index in [-0.39, 0.29) is 0 Å². The molecule has 0 spiro atoms. The lowest BCUT2D eigenvalue weighted by molar-refractivity contribution is -0.136. The van der Waals surface area contributed by atoms with E-state index >= 15 is 0 Å². The number of fused-ring (bicyclic) bond motifs is 1. The SMILES string of the molecule is CC(C)CCNC(=O)C(=O)Nc1ccc2c(c1)OCCO2. The van der Waals surface area contributed by atoms with E-state index in [1.807, 2.05) is 0 Å². The molecule has 0 unspecified atom stereocenters. The van der Waals surface area contributed by atoms with E-state index in [9.17, 15) is 9.59 Å². The fourth-order valence-electron chi connectivity index (χ4n) is 1.86. The number of anilines is 1. The molecular formula is C15H20N2O4. The van der Waals surface area contributed by atoms with Crippen LogP contribution in [0.25, 0.3) is 0 Å². The zero-order valence-corrected chi connectivity index (χ0v) is 12.3. The molecular weight excluding hydrogens is 272 g/mol. The number of rotatable bonds is 4. The summed E-state index contributed by atoms with van der Waals surface area (Å²) in [5.41, 5.74) is 0.503. The normalized spacial score (nSPS) is 12.9. The number of carbonyl (C=O) groups excluding carboxylic acids is 2. The van der Waals surface area contributed by atoms with E-state index in [1.165, 1.54) is 0 Å². The average molecular weight is 292 g/mol. The van der Waals surface area contributed by atoms with E-state index < -0.39 is 11.8 Å². The van der Waals surface area contributed by atoms with Crippen LogP contribution in [-0.2, 0) is 9.59 Å². The van der Waals surface area contributed by atoms with Gasteiger partial charge in [-0.15, -0.1) is 0 Å². The molecule has 0 aromatic heterocycles. The highest BCUT2D eigenvalue weighted by Crippen LogP contribution is 2.32. The highest BCUT2D eigenvalue weighted by molar-refractivity contribution is 6.39. The van der Waals surface area contributed by atoms with Gasteiger partial charge in [0, 0.05) is 18.3 Å². The second-order valence-electron chi connectivity index (χ2n) is 5.25. The van der Waals surface area contributed by atoms with E-state index in [1.54, 1.807) is 18.2 Å². The van der Waals surface area contributed by atoms with Crippen LogP contribution in [0.15, 0.2) is 18.2 Å². The monoisotopic (exact) mass is 292 g/mol. The lowest BCUT2D eigenvalue weighted by Crippen LogP contribution is -2.36. The van der Waals surface area contributed by atoms with E-state index in [4.69, 9.17) is 9.47 Å². The lowest BCUT2D eigenvalue weighted by Gasteiger charge is -2.18. The van der Waals surface area contributed by atoms with Gasteiger partial charge in [0.1, 0.15) is 13.2 Å². The molecule has 1 heterocycles. The number of ether oxygens (including phenoxy) is 2. The van der Waals surface area contributed by atoms with Crippen LogP contribution in [0.5, 0.6) is 11.5 Å². The predicted molar refractivity (Wildman–Crippen MR) is 78.5 cm³/mol. The van der Waals surface area contributed by atoms with Crippen molar-refractivity contribution in [2.45, 2.75) is 20.3 Å². The van der Waals surface area contributed by atoms with Crippen molar-refractivity contribution in [3.8, 4) is 11.5 Å². The molecule has 114 valence electrons. The summed E-state index contributed by atoms with van der Waals surface area (Å²) in [6.45, 7) is 5.59. The van der Waals surface area contributed by atoms with Crippen LogP contribution in [0.1, 0.15) is 20.3 Å². The van der Waals surface area contributed by atoms with Gasteiger partial charge in [-0.05, 0) is 24.5 Å². The van der Waals surface area contributed by atoms with Crippen molar-refractivity contribution in [2.24, 2.45) is 5.92 Å². The van der Waals surface area contributed by atoms with Crippen LogP contribution < -0.4 is 20.1 Å². The largest absolute Gasteiger partial charge is 0.486 e. The summed E-state index contributed by atoms with van der Waals surface area (Å²) in [5, 5.41) is 5.13. The highest BCUT2D eigenvalue weighted by Gasteiger charge is 2.16.